The first-order valence-electron chi connectivity index (χ1n) is 11.4. The summed E-state index contributed by atoms with van der Waals surface area (Å²) in [6.45, 7) is 3.57. The third kappa shape index (κ3) is 5.83. The molecule has 8 heteroatoms. The topological polar surface area (TPSA) is 94.2 Å². The van der Waals surface area contributed by atoms with Crippen LogP contribution in [0.4, 0.5) is 5.82 Å². The number of anilines is 1. The highest BCUT2D eigenvalue weighted by Crippen LogP contribution is 2.27. The average molecular weight is 425 g/mol. The number of aromatic nitrogens is 3. The van der Waals surface area contributed by atoms with Gasteiger partial charge in [-0.3, -0.25) is 9.59 Å². The largest absolute Gasteiger partial charge is 0.353 e. The van der Waals surface area contributed by atoms with E-state index in [1.165, 1.54) is 32.1 Å². The molecule has 0 unspecified atom stereocenters. The number of piperazine rings is 1. The minimum absolute atomic E-state index is 0.128. The molecule has 0 atom stereocenters. The van der Waals surface area contributed by atoms with Crippen molar-refractivity contribution < 1.29 is 9.59 Å². The number of nitrogens with one attached hydrogen (secondary N) is 2. The Kier molecular flexibility index (Phi) is 7.17. The maximum Gasteiger partial charge on any atom is 0.252 e. The van der Waals surface area contributed by atoms with Crippen LogP contribution >= 0.6 is 0 Å². The summed E-state index contributed by atoms with van der Waals surface area (Å²) in [7, 11) is 0. The molecule has 8 nitrogen and oxygen atoms in total. The van der Waals surface area contributed by atoms with Gasteiger partial charge in [0.2, 0.25) is 5.91 Å². The van der Waals surface area contributed by atoms with Gasteiger partial charge in [0.1, 0.15) is 5.82 Å². The molecule has 3 heterocycles. The molecule has 166 valence electrons. The minimum Gasteiger partial charge on any atom is -0.353 e. The molecule has 1 saturated heterocycles. The zero-order valence-electron chi connectivity index (χ0n) is 18.1. The van der Waals surface area contributed by atoms with Gasteiger partial charge in [-0.15, -0.1) is 0 Å². The quantitative estimate of drug-likeness (QED) is 0.712. The monoisotopic (exact) mass is 424 g/mol. The third-order valence-corrected chi connectivity index (χ3v) is 6.39. The van der Waals surface area contributed by atoms with E-state index in [4.69, 9.17) is 0 Å². The molecule has 2 amide bonds. The molecule has 2 aliphatic rings. The fourth-order valence-electron chi connectivity index (χ4n) is 4.49. The van der Waals surface area contributed by atoms with Gasteiger partial charge in [0.25, 0.3) is 5.91 Å². The van der Waals surface area contributed by atoms with Gasteiger partial charge in [0, 0.05) is 63.7 Å². The Labute approximate surface area is 183 Å². The van der Waals surface area contributed by atoms with Gasteiger partial charge >= 0.3 is 0 Å². The highest BCUT2D eigenvalue weighted by Gasteiger charge is 2.25. The van der Waals surface area contributed by atoms with E-state index < -0.39 is 0 Å². The molecule has 0 spiro atoms. The van der Waals surface area contributed by atoms with Crippen LogP contribution in [0.5, 0.6) is 0 Å². The van der Waals surface area contributed by atoms with Gasteiger partial charge in [-0.25, -0.2) is 9.97 Å². The predicted molar refractivity (Wildman–Crippen MR) is 119 cm³/mol. The van der Waals surface area contributed by atoms with E-state index in [0.29, 0.717) is 36.8 Å². The van der Waals surface area contributed by atoms with Crippen LogP contribution in [0, 0.1) is 5.92 Å². The van der Waals surface area contributed by atoms with Crippen LogP contribution in [0.15, 0.2) is 30.9 Å². The minimum atomic E-state index is -0.128. The Bertz CT molecular complexity index is 837. The zero-order chi connectivity index (χ0) is 21.5. The number of hydrogen-bond acceptors (Lipinski definition) is 5. The fourth-order valence-corrected chi connectivity index (χ4v) is 4.49. The van der Waals surface area contributed by atoms with Crippen LogP contribution in [-0.4, -0.2) is 64.4 Å². The molecule has 2 aromatic rings. The van der Waals surface area contributed by atoms with E-state index in [-0.39, 0.29) is 5.91 Å². The summed E-state index contributed by atoms with van der Waals surface area (Å²) in [6, 6.07) is 3.71. The Morgan fingerprint density at radius 2 is 1.87 bits per heavy atom. The van der Waals surface area contributed by atoms with Crippen molar-refractivity contribution in [3.63, 3.8) is 0 Å². The highest BCUT2D eigenvalue weighted by atomic mass is 16.2. The lowest BCUT2D eigenvalue weighted by Crippen LogP contribution is -2.49. The van der Waals surface area contributed by atoms with Crippen LogP contribution in [0.3, 0.4) is 0 Å². The lowest BCUT2D eigenvalue weighted by atomic mass is 9.86. The van der Waals surface area contributed by atoms with Crippen molar-refractivity contribution in [2.45, 2.75) is 44.9 Å². The smallest absolute Gasteiger partial charge is 0.252 e. The molecule has 0 radical (unpaired) electrons. The fraction of sp³-hybridized carbons (Fsp3) is 0.565. The van der Waals surface area contributed by atoms with Crippen molar-refractivity contribution >= 4 is 17.6 Å². The van der Waals surface area contributed by atoms with Crippen molar-refractivity contribution in [2.75, 3.05) is 37.6 Å². The second-order valence-electron chi connectivity index (χ2n) is 8.56. The van der Waals surface area contributed by atoms with Crippen LogP contribution in [0.25, 0.3) is 0 Å². The van der Waals surface area contributed by atoms with Crippen molar-refractivity contribution in [3.05, 3.63) is 42.1 Å². The summed E-state index contributed by atoms with van der Waals surface area (Å²) in [5.41, 5.74) is 1.54. The summed E-state index contributed by atoms with van der Waals surface area (Å²) in [4.78, 5) is 40.6. The van der Waals surface area contributed by atoms with E-state index in [2.05, 4.69) is 25.2 Å². The Morgan fingerprint density at radius 1 is 1.06 bits per heavy atom. The summed E-state index contributed by atoms with van der Waals surface area (Å²) in [5.74, 6) is 1.62. The second-order valence-corrected chi connectivity index (χ2v) is 8.56. The van der Waals surface area contributed by atoms with Crippen molar-refractivity contribution in [1.29, 1.82) is 0 Å². The number of amides is 2. The Morgan fingerprint density at radius 3 is 2.55 bits per heavy atom. The van der Waals surface area contributed by atoms with Crippen LogP contribution in [-0.2, 0) is 11.2 Å². The van der Waals surface area contributed by atoms with Crippen LogP contribution in [0.1, 0.15) is 54.6 Å². The van der Waals surface area contributed by atoms with Gasteiger partial charge in [0.15, 0.2) is 0 Å². The van der Waals surface area contributed by atoms with Gasteiger partial charge in [-0.05, 0) is 30.9 Å². The zero-order valence-corrected chi connectivity index (χ0v) is 18.1. The first-order valence-corrected chi connectivity index (χ1v) is 11.4. The standard InChI is InChI=1S/C23H32N6O2/c30-22(14-18-4-2-1-3-5-18)29-12-10-28(11-13-29)21-7-6-19(15-26-21)23(31)25-9-8-20-16-24-17-27-20/h6-7,15-18H,1-5,8-14H2,(H,24,27)(H,25,31). The molecule has 4 rings (SSSR count). The second kappa shape index (κ2) is 10.4. The maximum atomic E-state index is 12.6. The van der Waals surface area contributed by atoms with E-state index in [9.17, 15) is 9.59 Å². The van der Waals surface area contributed by atoms with Gasteiger partial charge in [0.05, 0.1) is 11.9 Å². The van der Waals surface area contributed by atoms with Gasteiger partial charge in [-0.1, -0.05) is 19.3 Å². The number of carbonyl (C=O) groups excluding carboxylic acids is 2. The van der Waals surface area contributed by atoms with Gasteiger partial charge in [-0.2, -0.15) is 0 Å². The van der Waals surface area contributed by atoms with Crippen molar-refractivity contribution in [2.24, 2.45) is 5.92 Å². The summed E-state index contributed by atoms with van der Waals surface area (Å²) in [5, 5.41) is 2.90. The molecule has 0 aromatic carbocycles. The summed E-state index contributed by atoms with van der Waals surface area (Å²) < 4.78 is 0. The molecule has 31 heavy (non-hydrogen) atoms. The number of hydrogen-bond donors (Lipinski definition) is 2. The highest BCUT2D eigenvalue weighted by molar-refractivity contribution is 5.94. The molecule has 2 fully saturated rings. The van der Waals surface area contributed by atoms with Crippen LogP contribution < -0.4 is 10.2 Å². The summed E-state index contributed by atoms with van der Waals surface area (Å²) in [6.07, 6.45) is 12.7. The Hall–Kier alpha value is -2.90. The van der Waals surface area contributed by atoms with E-state index in [1.807, 2.05) is 17.0 Å². The molecular formula is C23H32N6O2. The normalized spacial score (nSPS) is 17.5. The number of H-pyrrole nitrogens is 1. The lowest BCUT2D eigenvalue weighted by Gasteiger charge is -2.36. The molecule has 1 saturated carbocycles. The number of aromatic amines is 1. The third-order valence-electron chi connectivity index (χ3n) is 6.39. The number of carbonyl (C=O) groups is 2. The summed E-state index contributed by atoms with van der Waals surface area (Å²) >= 11 is 0. The molecule has 0 bridgehead atoms. The average Bonchev–Trinajstić information content (AvgIpc) is 3.33. The van der Waals surface area contributed by atoms with E-state index >= 15 is 0 Å². The first-order chi connectivity index (χ1) is 15.2. The van der Waals surface area contributed by atoms with Crippen molar-refractivity contribution in [3.8, 4) is 0 Å². The first kappa shape index (κ1) is 21.3. The molecular weight excluding hydrogens is 392 g/mol. The molecule has 1 aliphatic heterocycles. The number of pyridine rings is 1. The molecule has 1 aliphatic carbocycles. The van der Waals surface area contributed by atoms with Crippen LogP contribution in [0.2, 0.25) is 0 Å². The molecule has 2 aromatic heterocycles. The number of imidazole rings is 1. The SMILES string of the molecule is O=C(NCCc1cnc[nH]1)c1ccc(N2CCN(C(=O)CC3CCCCC3)CC2)nc1. The maximum absolute atomic E-state index is 12.6. The van der Waals surface area contributed by atoms with E-state index in [0.717, 1.165) is 37.7 Å². The number of rotatable bonds is 7. The van der Waals surface area contributed by atoms with E-state index in [1.54, 1.807) is 18.7 Å². The van der Waals surface area contributed by atoms with Crippen molar-refractivity contribution in [1.82, 2.24) is 25.2 Å². The lowest BCUT2D eigenvalue weighted by molar-refractivity contribution is -0.132. The Balaban J connectivity index is 1.21. The predicted octanol–water partition coefficient (Wildman–Crippen LogP) is 2.40. The molecule has 2 N–H and O–H groups in total. The number of nitrogens with zero attached hydrogens (tertiary/aromatic N) is 4. The van der Waals surface area contributed by atoms with Gasteiger partial charge < -0.3 is 20.1 Å².